The number of carbonyl (C=O) groups excluding carboxylic acids is 3. The van der Waals surface area contributed by atoms with Crippen LogP contribution in [-0.4, -0.2) is 53.4 Å². The summed E-state index contributed by atoms with van der Waals surface area (Å²) >= 11 is 0. The Balaban J connectivity index is 1.84. The summed E-state index contributed by atoms with van der Waals surface area (Å²) in [6.07, 6.45) is -0.0820. The lowest BCUT2D eigenvalue weighted by Crippen LogP contribution is -2.62. The summed E-state index contributed by atoms with van der Waals surface area (Å²) in [5.74, 6) is 0.0900. The lowest BCUT2D eigenvalue weighted by atomic mass is 10.0. The topological polar surface area (TPSA) is 66.9 Å². The zero-order valence-electron chi connectivity index (χ0n) is 10.0. The Labute approximate surface area is 99.5 Å². The first kappa shape index (κ1) is 11.9. The molecule has 0 spiro atoms. The van der Waals surface area contributed by atoms with Crippen molar-refractivity contribution in [3.63, 3.8) is 0 Å². The summed E-state index contributed by atoms with van der Waals surface area (Å²) < 4.78 is 4.63. The van der Waals surface area contributed by atoms with E-state index in [9.17, 15) is 14.4 Å². The van der Waals surface area contributed by atoms with Crippen LogP contribution in [0.4, 0.5) is 4.79 Å². The average molecular weight is 240 g/mol. The van der Waals surface area contributed by atoms with Gasteiger partial charge < -0.3 is 9.64 Å². The van der Waals surface area contributed by atoms with Gasteiger partial charge in [0, 0.05) is 19.5 Å². The van der Waals surface area contributed by atoms with Gasteiger partial charge in [0.25, 0.3) is 5.91 Å². The Hall–Kier alpha value is -1.59. The predicted octanol–water partition coefficient (Wildman–Crippen LogP) is 0.222. The Morgan fingerprint density at radius 3 is 2.53 bits per heavy atom. The lowest BCUT2D eigenvalue weighted by molar-refractivity contribution is -0.142. The average Bonchev–Trinajstić information content (AvgIpc) is 2.45. The minimum Gasteiger partial charge on any atom is -0.439 e. The summed E-state index contributed by atoms with van der Waals surface area (Å²) in [5.41, 5.74) is 0. The molecule has 2 aliphatic heterocycles. The molecule has 6 heteroatoms. The van der Waals surface area contributed by atoms with E-state index in [0.29, 0.717) is 25.4 Å². The van der Waals surface area contributed by atoms with Crippen molar-refractivity contribution in [2.75, 3.05) is 19.7 Å². The zero-order valence-corrected chi connectivity index (χ0v) is 10.0. The first-order valence-electron chi connectivity index (χ1n) is 5.75. The number of ether oxygens (including phenoxy) is 1. The van der Waals surface area contributed by atoms with Crippen LogP contribution >= 0.6 is 0 Å². The molecule has 6 nitrogen and oxygen atoms in total. The van der Waals surface area contributed by atoms with E-state index in [1.54, 1.807) is 4.90 Å². The zero-order chi connectivity index (χ0) is 12.6. The fourth-order valence-electron chi connectivity index (χ4n) is 2.02. The lowest BCUT2D eigenvalue weighted by Gasteiger charge is -2.42. The van der Waals surface area contributed by atoms with Crippen LogP contribution in [0.2, 0.25) is 0 Å². The molecule has 0 saturated carbocycles. The standard InChI is InChI=1S/C11H16N2O4/c1-7(2)3-9(14)12-4-8(5-12)13-10(15)6-17-11(13)16/h7-8H,3-6H2,1-2H3. The highest BCUT2D eigenvalue weighted by Crippen LogP contribution is 2.21. The molecule has 2 heterocycles. The van der Waals surface area contributed by atoms with Crippen molar-refractivity contribution in [3.8, 4) is 0 Å². The van der Waals surface area contributed by atoms with E-state index >= 15 is 0 Å². The van der Waals surface area contributed by atoms with Crippen LogP contribution < -0.4 is 0 Å². The van der Waals surface area contributed by atoms with Crippen molar-refractivity contribution in [3.05, 3.63) is 0 Å². The van der Waals surface area contributed by atoms with Crippen LogP contribution in [0.5, 0.6) is 0 Å². The number of hydrogen-bond acceptors (Lipinski definition) is 4. The molecule has 0 aromatic rings. The first-order chi connectivity index (χ1) is 7.99. The molecule has 2 fully saturated rings. The van der Waals surface area contributed by atoms with Crippen LogP contribution in [-0.2, 0) is 14.3 Å². The Morgan fingerprint density at radius 1 is 1.41 bits per heavy atom. The predicted molar refractivity (Wildman–Crippen MR) is 58.0 cm³/mol. The number of rotatable bonds is 3. The maximum atomic E-state index is 11.7. The smallest absolute Gasteiger partial charge is 0.417 e. The van der Waals surface area contributed by atoms with Crippen LogP contribution in [0.25, 0.3) is 0 Å². The molecule has 0 aromatic carbocycles. The van der Waals surface area contributed by atoms with E-state index in [2.05, 4.69) is 4.74 Å². The highest BCUT2D eigenvalue weighted by Gasteiger charge is 2.44. The maximum Gasteiger partial charge on any atom is 0.417 e. The van der Waals surface area contributed by atoms with Crippen LogP contribution in [0.15, 0.2) is 0 Å². The third-order valence-electron chi connectivity index (χ3n) is 2.95. The van der Waals surface area contributed by atoms with E-state index in [4.69, 9.17) is 0 Å². The maximum absolute atomic E-state index is 11.7. The summed E-state index contributed by atoms with van der Waals surface area (Å²) in [4.78, 5) is 37.1. The number of cyclic esters (lactones) is 1. The van der Waals surface area contributed by atoms with Gasteiger partial charge in [-0.05, 0) is 5.92 Å². The van der Waals surface area contributed by atoms with E-state index in [1.165, 1.54) is 0 Å². The van der Waals surface area contributed by atoms with Crippen molar-refractivity contribution in [1.82, 2.24) is 9.80 Å². The van der Waals surface area contributed by atoms with Gasteiger partial charge in [-0.2, -0.15) is 0 Å². The number of likely N-dealkylation sites (tertiary alicyclic amines) is 1. The Kier molecular flexibility index (Phi) is 3.04. The highest BCUT2D eigenvalue weighted by atomic mass is 16.6. The molecule has 0 aromatic heterocycles. The van der Waals surface area contributed by atoms with Gasteiger partial charge in [-0.3, -0.25) is 9.59 Å². The molecule has 0 N–H and O–H groups in total. The first-order valence-corrected chi connectivity index (χ1v) is 5.75. The second-order valence-electron chi connectivity index (χ2n) is 4.87. The quantitative estimate of drug-likeness (QED) is 0.708. The Morgan fingerprint density at radius 2 is 2.06 bits per heavy atom. The molecule has 0 radical (unpaired) electrons. The summed E-state index contributed by atoms with van der Waals surface area (Å²) in [5, 5.41) is 0. The summed E-state index contributed by atoms with van der Waals surface area (Å²) in [7, 11) is 0. The van der Waals surface area contributed by atoms with Crippen molar-refractivity contribution >= 4 is 17.9 Å². The molecule has 3 amide bonds. The number of carbonyl (C=O) groups is 3. The molecule has 0 atom stereocenters. The van der Waals surface area contributed by atoms with Gasteiger partial charge in [0.1, 0.15) is 0 Å². The van der Waals surface area contributed by atoms with Crippen molar-refractivity contribution in [2.45, 2.75) is 26.3 Å². The van der Waals surface area contributed by atoms with Crippen LogP contribution in [0, 0.1) is 5.92 Å². The van der Waals surface area contributed by atoms with Crippen molar-refractivity contribution in [1.29, 1.82) is 0 Å². The highest BCUT2D eigenvalue weighted by molar-refractivity contribution is 5.98. The third-order valence-corrected chi connectivity index (χ3v) is 2.95. The largest absolute Gasteiger partial charge is 0.439 e. The van der Waals surface area contributed by atoms with Gasteiger partial charge in [0.05, 0.1) is 6.04 Å². The van der Waals surface area contributed by atoms with Crippen LogP contribution in [0.3, 0.4) is 0 Å². The number of imide groups is 1. The molecule has 0 aliphatic carbocycles. The van der Waals surface area contributed by atoms with Crippen molar-refractivity contribution < 1.29 is 19.1 Å². The molecular formula is C11H16N2O4. The summed E-state index contributed by atoms with van der Waals surface area (Å²) in [6.45, 7) is 4.67. The van der Waals surface area contributed by atoms with Gasteiger partial charge in [-0.1, -0.05) is 13.8 Å². The molecule has 2 saturated heterocycles. The monoisotopic (exact) mass is 240 g/mol. The molecule has 0 unspecified atom stereocenters. The van der Waals surface area contributed by atoms with E-state index in [1.807, 2.05) is 13.8 Å². The van der Waals surface area contributed by atoms with Gasteiger partial charge in [-0.25, -0.2) is 9.69 Å². The van der Waals surface area contributed by atoms with Gasteiger partial charge in [-0.15, -0.1) is 0 Å². The fraction of sp³-hybridized carbons (Fsp3) is 0.727. The molecule has 2 rings (SSSR count). The SMILES string of the molecule is CC(C)CC(=O)N1CC(N2C(=O)COC2=O)C1. The molecule has 2 aliphatic rings. The fourth-order valence-corrected chi connectivity index (χ4v) is 2.02. The van der Waals surface area contributed by atoms with Gasteiger partial charge >= 0.3 is 6.09 Å². The molecule has 17 heavy (non-hydrogen) atoms. The molecular weight excluding hydrogens is 224 g/mol. The normalized spacial score (nSPS) is 20.9. The second kappa shape index (κ2) is 4.35. The molecule has 94 valence electrons. The van der Waals surface area contributed by atoms with E-state index in [-0.39, 0.29) is 24.5 Å². The van der Waals surface area contributed by atoms with Crippen LogP contribution in [0.1, 0.15) is 20.3 Å². The minimum atomic E-state index is -0.587. The number of hydrogen-bond donors (Lipinski definition) is 0. The second-order valence-corrected chi connectivity index (χ2v) is 4.87. The van der Waals surface area contributed by atoms with E-state index < -0.39 is 6.09 Å². The van der Waals surface area contributed by atoms with Gasteiger partial charge in [0.15, 0.2) is 6.61 Å². The summed E-state index contributed by atoms with van der Waals surface area (Å²) in [6, 6.07) is -0.200. The van der Waals surface area contributed by atoms with Crippen molar-refractivity contribution in [2.24, 2.45) is 5.92 Å². The Bertz CT molecular complexity index is 344. The third kappa shape index (κ3) is 2.25. The minimum absolute atomic E-state index is 0.0799. The van der Waals surface area contributed by atoms with E-state index in [0.717, 1.165) is 4.90 Å². The number of nitrogens with zero attached hydrogens (tertiary/aromatic N) is 2. The molecule has 0 bridgehead atoms. The number of amides is 3. The van der Waals surface area contributed by atoms with Gasteiger partial charge in [0.2, 0.25) is 5.91 Å².